The Bertz CT molecular complexity index is 429. The van der Waals surface area contributed by atoms with Crippen LogP contribution in [0.3, 0.4) is 0 Å². The summed E-state index contributed by atoms with van der Waals surface area (Å²) in [4.78, 5) is 1.82. The lowest BCUT2D eigenvalue weighted by molar-refractivity contribution is -0.00543. The molecule has 1 heterocycles. The Balaban J connectivity index is 2.30. The number of nitrogens with two attached hydrogens (primary N) is 1. The third-order valence-electron chi connectivity index (χ3n) is 3.12. The van der Waals surface area contributed by atoms with Gasteiger partial charge in [0, 0.05) is 25.2 Å². The highest BCUT2D eigenvalue weighted by molar-refractivity contribution is 5.50. The van der Waals surface area contributed by atoms with Crippen molar-refractivity contribution in [1.82, 2.24) is 0 Å². The minimum absolute atomic E-state index is 0.00104. The quantitative estimate of drug-likeness (QED) is 0.880. The van der Waals surface area contributed by atoms with Crippen LogP contribution in [-0.4, -0.2) is 25.3 Å². The van der Waals surface area contributed by atoms with Crippen molar-refractivity contribution in [3.63, 3.8) is 0 Å². The van der Waals surface area contributed by atoms with E-state index in [0.717, 1.165) is 0 Å². The maximum atomic E-state index is 14.0. The Labute approximate surface area is 106 Å². The van der Waals surface area contributed by atoms with Gasteiger partial charge in [0.25, 0.3) is 0 Å². The zero-order valence-corrected chi connectivity index (χ0v) is 10.6. The van der Waals surface area contributed by atoms with Gasteiger partial charge in [-0.25, -0.2) is 8.78 Å². The molecule has 0 bridgehead atoms. The van der Waals surface area contributed by atoms with Gasteiger partial charge in [-0.3, -0.25) is 0 Å². The summed E-state index contributed by atoms with van der Waals surface area (Å²) in [6, 6.07) is 3.13. The van der Waals surface area contributed by atoms with E-state index in [4.69, 9.17) is 10.5 Å². The average molecular weight is 256 g/mol. The summed E-state index contributed by atoms with van der Waals surface area (Å²) < 4.78 is 33.2. The van der Waals surface area contributed by atoms with Crippen LogP contribution in [0.25, 0.3) is 0 Å². The van der Waals surface area contributed by atoms with Gasteiger partial charge in [0.05, 0.1) is 17.9 Å². The molecule has 100 valence electrons. The number of hydrogen-bond donors (Lipinski definition) is 1. The molecule has 1 fully saturated rings. The van der Waals surface area contributed by atoms with Crippen LogP contribution in [-0.2, 0) is 11.3 Å². The van der Waals surface area contributed by atoms with E-state index in [1.165, 1.54) is 0 Å². The molecule has 2 N–H and O–H groups in total. The third kappa shape index (κ3) is 2.47. The number of hydrogen-bond acceptors (Lipinski definition) is 3. The largest absolute Gasteiger partial charge is 0.372 e. The van der Waals surface area contributed by atoms with Crippen molar-refractivity contribution in [3.05, 3.63) is 29.3 Å². The summed E-state index contributed by atoms with van der Waals surface area (Å²) >= 11 is 0. The fourth-order valence-electron chi connectivity index (χ4n) is 2.36. The van der Waals surface area contributed by atoms with Crippen molar-refractivity contribution >= 4 is 5.69 Å². The fraction of sp³-hybridized carbons (Fsp3) is 0.538. The minimum atomic E-state index is -0.846. The first kappa shape index (κ1) is 13.2. The van der Waals surface area contributed by atoms with Crippen LogP contribution >= 0.6 is 0 Å². The average Bonchev–Trinajstić information content (AvgIpc) is 2.31. The second-order valence-electron chi connectivity index (χ2n) is 4.74. The molecule has 0 spiro atoms. The molecule has 0 amide bonds. The summed E-state index contributed by atoms with van der Waals surface area (Å²) in [5, 5.41) is 0. The van der Waals surface area contributed by atoms with Crippen LogP contribution < -0.4 is 10.6 Å². The van der Waals surface area contributed by atoms with Gasteiger partial charge in [-0.1, -0.05) is 6.07 Å². The number of rotatable bonds is 2. The minimum Gasteiger partial charge on any atom is -0.372 e. The zero-order valence-electron chi connectivity index (χ0n) is 10.6. The molecule has 2 rings (SSSR count). The highest BCUT2D eigenvalue weighted by atomic mass is 19.2. The van der Waals surface area contributed by atoms with Gasteiger partial charge in [-0.15, -0.1) is 0 Å². The maximum absolute atomic E-state index is 14.0. The predicted octanol–water partition coefficient (Wildman–Crippen LogP) is 2.04. The topological polar surface area (TPSA) is 38.5 Å². The molecular formula is C13H18F2N2O. The molecular weight excluding hydrogens is 238 g/mol. The summed E-state index contributed by atoms with van der Waals surface area (Å²) in [6.07, 6.45) is 0.00999. The fourth-order valence-corrected chi connectivity index (χ4v) is 2.36. The van der Waals surface area contributed by atoms with E-state index in [9.17, 15) is 8.78 Å². The van der Waals surface area contributed by atoms with Crippen molar-refractivity contribution in [2.45, 2.75) is 32.6 Å². The predicted molar refractivity (Wildman–Crippen MR) is 66.5 cm³/mol. The molecule has 2 atom stereocenters. The first-order valence-electron chi connectivity index (χ1n) is 6.10. The van der Waals surface area contributed by atoms with Crippen LogP contribution in [0, 0.1) is 11.6 Å². The molecule has 1 aromatic carbocycles. The van der Waals surface area contributed by atoms with Crippen LogP contribution in [0.4, 0.5) is 14.5 Å². The molecule has 3 nitrogen and oxygen atoms in total. The molecule has 2 unspecified atom stereocenters. The molecule has 1 saturated heterocycles. The van der Waals surface area contributed by atoms with Gasteiger partial charge < -0.3 is 15.4 Å². The van der Waals surface area contributed by atoms with Crippen LogP contribution in [0.5, 0.6) is 0 Å². The lowest BCUT2D eigenvalue weighted by Crippen LogP contribution is -2.46. The molecule has 0 radical (unpaired) electrons. The smallest absolute Gasteiger partial charge is 0.182 e. The summed E-state index contributed by atoms with van der Waals surface area (Å²) in [6.45, 7) is 4.96. The number of morpholine rings is 1. The molecule has 18 heavy (non-hydrogen) atoms. The zero-order chi connectivity index (χ0) is 13.3. The Morgan fingerprint density at radius 2 is 1.83 bits per heavy atom. The van der Waals surface area contributed by atoms with Crippen LogP contribution in [0.1, 0.15) is 19.4 Å². The van der Waals surface area contributed by atoms with Crippen molar-refractivity contribution in [2.75, 3.05) is 18.0 Å². The number of ether oxygens (including phenoxy) is 1. The highest BCUT2D eigenvalue weighted by Gasteiger charge is 2.25. The second kappa shape index (κ2) is 5.20. The van der Waals surface area contributed by atoms with Gasteiger partial charge in [0.15, 0.2) is 11.6 Å². The molecule has 5 heteroatoms. The Morgan fingerprint density at radius 3 is 2.39 bits per heavy atom. The highest BCUT2D eigenvalue weighted by Crippen LogP contribution is 2.26. The van der Waals surface area contributed by atoms with Crippen molar-refractivity contribution < 1.29 is 13.5 Å². The summed E-state index contributed by atoms with van der Waals surface area (Å²) in [7, 11) is 0. The lowest BCUT2D eigenvalue weighted by Gasteiger charge is -2.37. The maximum Gasteiger partial charge on any atom is 0.182 e. The Morgan fingerprint density at radius 1 is 1.22 bits per heavy atom. The van der Waals surface area contributed by atoms with Crippen LogP contribution in [0.15, 0.2) is 12.1 Å². The van der Waals surface area contributed by atoms with E-state index in [1.807, 2.05) is 18.7 Å². The molecule has 0 aliphatic carbocycles. The Hall–Kier alpha value is -1.20. The molecule has 1 aliphatic rings. The summed E-state index contributed by atoms with van der Waals surface area (Å²) in [5.41, 5.74) is 5.84. The standard InChI is InChI=1S/C13H18F2N2O/c1-8-6-17(7-9(2)18-8)11-4-3-10(5-16)12(14)13(11)15/h3-4,8-9H,5-7,16H2,1-2H3. The molecule has 1 aromatic rings. The van der Waals surface area contributed by atoms with Gasteiger partial charge in [0.1, 0.15) is 0 Å². The first-order chi connectivity index (χ1) is 8.52. The van der Waals surface area contributed by atoms with Gasteiger partial charge in [-0.2, -0.15) is 0 Å². The lowest BCUT2D eigenvalue weighted by atomic mass is 10.1. The number of anilines is 1. The van der Waals surface area contributed by atoms with E-state index in [0.29, 0.717) is 13.1 Å². The van der Waals surface area contributed by atoms with E-state index in [1.54, 1.807) is 12.1 Å². The van der Waals surface area contributed by atoms with E-state index in [2.05, 4.69) is 0 Å². The third-order valence-corrected chi connectivity index (χ3v) is 3.12. The Kier molecular flexibility index (Phi) is 3.82. The summed E-state index contributed by atoms with van der Waals surface area (Å²) in [5.74, 6) is -1.67. The monoisotopic (exact) mass is 256 g/mol. The van der Waals surface area contributed by atoms with E-state index >= 15 is 0 Å². The number of benzene rings is 1. The van der Waals surface area contributed by atoms with Crippen molar-refractivity contribution in [2.24, 2.45) is 5.73 Å². The van der Waals surface area contributed by atoms with Gasteiger partial charge in [-0.05, 0) is 19.9 Å². The number of halogens is 2. The molecule has 0 aromatic heterocycles. The van der Waals surface area contributed by atoms with Crippen molar-refractivity contribution in [3.8, 4) is 0 Å². The van der Waals surface area contributed by atoms with Gasteiger partial charge >= 0.3 is 0 Å². The SMILES string of the molecule is CC1CN(c2ccc(CN)c(F)c2F)CC(C)O1. The van der Waals surface area contributed by atoms with Crippen LogP contribution in [0.2, 0.25) is 0 Å². The first-order valence-corrected chi connectivity index (χ1v) is 6.10. The normalized spacial score (nSPS) is 24.4. The number of nitrogens with zero attached hydrogens (tertiary/aromatic N) is 1. The molecule has 0 saturated carbocycles. The molecule has 1 aliphatic heterocycles. The van der Waals surface area contributed by atoms with E-state index in [-0.39, 0.29) is 30.0 Å². The second-order valence-corrected chi connectivity index (χ2v) is 4.74. The van der Waals surface area contributed by atoms with Gasteiger partial charge in [0.2, 0.25) is 0 Å². The van der Waals surface area contributed by atoms with Crippen molar-refractivity contribution in [1.29, 1.82) is 0 Å². The van der Waals surface area contributed by atoms with E-state index < -0.39 is 11.6 Å².